The fraction of sp³-hybridized carbons (Fsp3) is 0.360. The summed E-state index contributed by atoms with van der Waals surface area (Å²) in [6, 6.07) is 15.8. The second-order valence-corrected chi connectivity index (χ2v) is 9.12. The second kappa shape index (κ2) is 11.2. The van der Waals surface area contributed by atoms with Crippen LogP contribution in [0, 0.1) is 6.92 Å². The number of carbonyl (C=O) groups excluding carboxylic acids is 2. The fourth-order valence-corrected chi connectivity index (χ4v) is 4.51. The van der Waals surface area contributed by atoms with Crippen LogP contribution in [0.5, 0.6) is 0 Å². The number of hydrogen-bond donors (Lipinski definition) is 2. The molecule has 1 aliphatic heterocycles. The van der Waals surface area contributed by atoms with Gasteiger partial charge in [-0.1, -0.05) is 67.1 Å². The molecule has 0 bridgehead atoms. The SMILES string of the molecule is CCCC[NH+](C)CCNC(=O)CN1C(=O)C(=Cc2ccc(C)cc2)Sc2ccccc21. The highest BCUT2D eigenvalue weighted by atomic mass is 32.2. The average Bonchev–Trinajstić information content (AvgIpc) is 2.76. The van der Waals surface area contributed by atoms with Crippen molar-refractivity contribution >= 4 is 35.3 Å². The molecule has 3 rings (SSSR count). The molecule has 5 nitrogen and oxygen atoms in total. The van der Waals surface area contributed by atoms with Gasteiger partial charge in [0.25, 0.3) is 5.91 Å². The molecule has 1 aliphatic rings. The summed E-state index contributed by atoms with van der Waals surface area (Å²) in [6.45, 7) is 6.84. The third-order valence-corrected chi connectivity index (χ3v) is 6.42. The van der Waals surface area contributed by atoms with Gasteiger partial charge >= 0.3 is 0 Å². The van der Waals surface area contributed by atoms with E-state index in [1.165, 1.54) is 35.1 Å². The number of fused-ring (bicyclic) bond motifs is 1. The van der Waals surface area contributed by atoms with E-state index in [9.17, 15) is 9.59 Å². The largest absolute Gasteiger partial charge is 0.349 e. The van der Waals surface area contributed by atoms with E-state index in [2.05, 4.69) is 19.3 Å². The zero-order valence-electron chi connectivity index (χ0n) is 18.6. The Hall–Kier alpha value is -2.57. The molecule has 0 aromatic heterocycles. The van der Waals surface area contributed by atoms with Crippen LogP contribution < -0.4 is 15.1 Å². The first-order valence-electron chi connectivity index (χ1n) is 10.9. The van der Waals surface area contributed by atoms with Gasteiger partial charge in [0, 0.05) is 4.90 Å². The van der Waals surface area contributed by atoms with Crippen molar-refractivity contribution in [2.75, 3.05) is 38.1 Å². The van der Waals surface area contributed by atoms with E-state index in [1.807, 2.05) is 61.5 Å². The van der Waals surface area contributed by atoms with Crippen LogP contribution in [-0.2, 0) is 9.59 Å². The second-order valence-electron chi connectivity index (χ2n) is 8.04. The maximum atomic E-state index is 13.2. The molecule has 0 spiro atoms. The van der Waals surface area contributed by atoms with Crippen LogP contribution in [0.3, 0.4) is 0 Å². The van der Waals surface area contributed by atoms with E-state index >= 15 is 0 Å². The number of hydrogen-bond acceptors (Lipinski definition) is 3. The number of para-hydroxylation sites is 1. The third-order valence-electron chi connectivity index (χ3n) is 5.34. The Balaban J connectivity index is 1.70. The molecule has 0 radical (unpaired) electrons. The molecular formula is C25H32N3O2S+. The van der Waals surface area contributed by atoms with E-state index in [4.69, 9.17) is 0 Å². The molecule has 6 heteroatoms. The number of carbonyl (C=O) groups is 2. The van der Waals surface area contributed by atoms with E-state index < -0.39 is 0 Å². The van der Waals surface area contributed by atoms with Crippen molar-refractivity contribution in [3.8, 4) is 0 Å². The van der Waals surface area contributed by atoms with Gasteiger partial charge in [-0.3, -0.25) is 14.5 Å². The number of unbranched alkanes of at least 4 members (excludes halogenated alkanes) is 1. The summed E-state index contributed by atoms with van der Waals surface area (Å²) in [5, 5.41) is 2.98. The molecule has 0 saturated heterocycles. The van der Waals surface area contributed by atoms with Crippen LogP contribution in [0.1, 0.15) is 30.9 Å². The predicted octanol–water partition coefficient (Wildman–Crippen LogP) is 2.91. The summed E-state index contributed by atoms with van der Waals surface area (Å²) in [5.41, 5.74) is 2.94. The van der Waals surface area contributed by atoms with Crippen molar-refractivity contribution in [2.24, 2.45) is 0 Å². The standard InChI is InChI=1S/C25H31N3O2S/c1-4-5-15-27(3)16-14-26-24(29)18-28-21-8-6-7-9-22(21)31-23(25(28)30)17-20-12-10-19(2)11-13-20/h6-13,17H,4-5,14-16,18H2,1-3H3,(H,26,29)/p+1. The number of nitrogens with one attached hydrogen (secondary N) is 2. The fourth-order valence-electron chi connectivity index (χ4n) is 3.45. The summed E-state index contributed by atoms with van der Waals surface area (Å²) in [6.07, 6.45) is 4.27. The molecule has 2 N–H and O–H groups in total. The van der Waals surface area contributed by atoms with Crippen LogP contribution in [-0.4, -0.2) is 45.0 Å². The molecule has 2 aromatic rings. The average molecular weight is 439 g/mol. The topological polar surface area (TPSA) is 53.9 Å². The number of quaternary nitrogens is 1. The minimum atomic E-state index is -0.134. The molecule has 1 unspecified atom stereocenters. The van der Waals surface area contributed by atoms with Crippen molar-refractivity contribution in [3.63, 3.8) is 0 Å². The molecule has 164 valence electrons. The van der Waals surface area contributed by atoms with E-state index in [-0.39, 0.29) is 18.4 Å². The molecule has 0 fully saturated rings. The number of rotatable bonds is 9. The Morgan fingerprint density at radius 3 is 2.61 bits per heavy atom. The van der Waals surface area contributed by atoms with Gasteiger partial charge in [-0.25, -0.2) is 0 Å². The zero-order valence-corrected chi connectivity index (χ0v) is 19.4. The first-order valence-corrected chi connectivity index (χ1v) is 11.7. The molecule has 1 heterocycles. The highest BCUT2D eigenvalue weighted by Gasteiger charge is 2.30. The van der Waals surface area contributed by atoms with Gasteiger partial charge in [0.1, 0.15) is 6.54 Å². The van der Waals surface area contributed by atoms with Crippen LogP contribution in [0.2, 0.25) is 0 Å². The molecular weight excluding hydrogens is 406 g/mol. The number of thioether (sulfide) groups is 1. The third kappa shape index (κ3) is 6.45. The van der Waals surface area contributed by atoms with Crippen molar-refractivity contribution in [1.29, 1.82) is 0 Å². The van der Waals surface area contributed by atoms with Crippen molar-refractivity contribution < 1.29 is 14.5 Å². The first kappa shape index (κ1) is 23.1. The minimum absolute atomic E-state index is 0.0235. The smallest absolute Gasteiger partial charge is 0.265 e. The predicted molar refractivity (Wildman–Crippen MR) is 128 cm³/mol. The molecule has 2 aromatic carbocycles. The van der Waals surface area contributed by atoms with Gasteiger partial charge < -0.3 is 10.2 Å². The number of anilines is 1. The van der Waals surface area contributed by atoms with Crippen molar-refractivity contribution in [2.45, 2.75) is 31.6 Å². The lowest BCUT2D eigenvalue weighted by Crippen LogP contribution is -3.09. The lowest BCUT2D eigenvalue weighted by atomic mass is 10.1. The quantitative estimate of drug-likeness (QED) is 0.592. The molecule has 31 heavy (non-hydrogen) atoms. The Labute approximate surface area is 189 Å². The van der Waals surface area contributed by atoms with Crippen LogP contribution in [0.4, 0.5) is 5.69 Å². The van der Waals surface area contributed by atoms with Crippen LogP contribution in [0.25, 0.3) is 6.08 Å². The van der Waals surface area contributed by atoms with Gasteiger partial charge in [0.2, 0.25) is 5.91 Å². The number of aryl methyl sites for hydroxylation is 1. The van der Waals surface area contributed by atoms with Gasteiger partial charge in [0.15, 0.2) is 0 Å². The van der Waals surface area contributed by atoms with E-state index in [0.717, 1.165) is 29.2 Å². The zero-order chi connectivity index (χ0) is 22.2. The summed E-state index contributed by atoms with van der Waals surface area (Å²) in [7, 11) is 2.14. The lowest BCUT2D eigenvalue weighted by Gasteiger charge is -2.29. The molecule has 2 amide bonds. The summed E-state index contributed by atoms with van der Waals surface area (Å²) in [5.74, 6) is -0.266. The summed E-state index contributed by atoms with van der Waals surface area (Å²) in [4.78, 5) is 30.5. The molecule has 0 saturated carbocycles. The number of likely N-dealkylation sites (N-methyl/N-ethyl adjacent to an activating group) is 1. The Morgan fingerprint density at radius 1 is 1.13 bits per heavy atom. The van der Waals surface area contributed by atoms with E-state index in [1.54, 1.807) is 4.90 Å². The monoisotopic (exact) mass is 438 g/mol. The summed E-state index contributed by atoms with van der Waals surface area (Å²) < 4.78 is 0. The van der Waals surface area contributed by atoms with Gasteiger partial charge in [-0.15, -0.1) is 0 Å². The first-order chi connectivity index (χ1) is 15.0. The normalized spacial score (nSPS) is 15.6. The van der Waals surface area contributed by atoms with Crippen LogP contribution in [0.15, 0.2) is 58.3 Å². The number of benzene rings is 2. The maximum Gasteiger partial charge on any atom is 0.265 e. The maximum absolute atomic E-state index is 13.2. The molecule has 0 aliphatic carbocycles. The number of amides is 2. The summed E-state index contributed by atoms with van der Waals surface area (Å²) >= 11 is 1.46. The van der Waals surface area contributed by atoms with Gasteiger partial charge in [0.05, 0.1) is 37.3 Å². The van der Waals surface area contributed by atoms with Gasteiger partial charge in [-0.2, -0.15) is 0 Å². The lowest BCUT2D eigenvalue weighted by molar-refractivity contribution is -0.878. The van der Waals surface area contributed by atoms with Crippen molar-refractivity contribution in [1.82, 2.24) is 5.32 Å². The van der Waals surface area contributed by atoms with E-state index in [0.29, 0.717) is 11.4 Å². The Morgan fingerprint density at radius 2 is 1.87 bits per heavy atom. The van der Waals surface area contributed by atoms with Gasteiger partial charge in [-0.05, 0) is 37.1 Å². The molecule has 1 atom stereocenters. The van der Waals surface area contributed by atoms with Crippen LogP contribution >= 0.6 is 11.8 Å². The number of nitrogens with zero attached hydrogens (tertiary/aromatic N) is 1. The van der Waals surface area contributed by atoms with Crippen molar-refractivity contribution in [3.05, 3.63) is 64.6 Å². The Kier molecular flexibility index (Phi) is 8.32. The minimum Gasteiger partial charge on any atom is -0.349 e. The Bertz CT molecular complexity index is 940. The highest BCUT2D eigenvalue weighted by molar-refractivity contribution is 8.04. The highest BCUT2D eigenvalue weighted by Crippen LogP contribution is 2.41.